The minimum atomic E-state index is -0.773. The van der Waals surface area contributed by atoms with Crippen molar-refractivity contribution in [1.29, 1.82) is 0 Å². The minimum Gasteiger partial charge on any atom is -0.453 e. The molecule has 4 rings (SSSR count). The molecule has 0 fully saturated rings. The van der Waals surface area contributed by atoms with Gasteiger partial charge in [0.2, 0.25) is 0 Å². The lowest BCUT2D eigenvalue weighted by atomic mass is 10.2. The molecule has 0 unspecified atom stereocenters. The van der Waals surface area contributed by atoms with E-state index < -0.39 is 23.1 Å². The van der Waals surface area contributed by atoms with Crippen molar-refractivity contribution in [3.63, 3.8) is 0 Å². The van der Waals surface area contributed by atoms with E-state index >= 15 is 0 Å². The van der Waals surface area contributed by atoms with Crippen LogP contribution >= 0.6 is 11.6 Å². The van der Waals surface area contributed by atoms with Gasteiger partial charge in [0, 0.05) is 42.7 Å². The highest BCUT2D eigenvalue weighted by molar-refractivity contribution is 6.34. The lowest BCUT2D eigenvalue weighted by Crippen LogP contribution is -2.26. The van der Waals surface area contributed by atoms with Gasteiger partial charge in [-0.15, -0.1) is 0 Å². The highest BCUT2D eigenvalue weighted by Crippen LogP contribution is 2.33. The molecule has 7 nitrogen and oxygen atoms in total. The van der Waals surface area contributed by atoms with Gasteiger partial charge in [-0.3, -0.25) is 14.2 Å². The van der Waals surface area contributed by atoms with E-state index in [1.165, 1.54) is 48.8 Å². The highest BCUT2D eigenvalue weighted by Gasteiger charge is 2.14. The Morgan fingerprint density at radius 2 is 1.85 bits per heavy atom. The Hall–Kier alpha value is -4.24. The number of nitrogens with two attached hydrogens (primary N) is 1. The Kier molecular flexibility index (Phi) is 6.55. The summed E-state index contributed by atoms with van der Waals surface area (Å²) in [6, 6.07) is 13.8. The van der Waals surface area contributed by atoms with Crippen molar-refractivity contribution in [2.75, 3.05) is 5.73 Å². The monoisotopic (exact) mass is 482 g/mol. The number of carbonyl (C=O) groups is 1. The van der Waals surface area contributed by atoms with Gasteiger partial charge in [-0.1, -0.05) is 29.8 Å². The van der Waals surface area contributed by atoms with E-state index in [0.717, 1.165) is 10.6 Å². The number of benzene rings is 2. The van der Waals surface area contributed by atoms with Crippen LogP contribution in [0.2, 0.25) is 5.02 Å². The fourth-order valence-corrected chi connectivity index (χ4v) is 3.25. The molecule has 0 radical (unpaired) electrons. The molecule has 34 heavy (non-hydrogen) atoms. The standard InChI is InChI=1S/C24H17ClF2N4O3/c25-22-20(9-10-29-23(22)28)34-19-7-6-16(11-18(19)27)31-13-15(5-8-21(31)32)24(33)30-12-14-3-1-2-4-17(14)26/h1-11,13H,12H2,(H2,28,29)(H,30,33). The van der Waals surface area contributed by atoms with E-state index in [-0.39, 0.29) is 40.1 Å². The molecule has 1 amide bonds. The number of nitrogens with one attached hydrogen (secondary N) is 1. The van der Waals surface area contributed by atoms with Crippen LogP contribution in [0.5, 0.6) is 11.5 Å². The Morgan fingerprint density at radius 3 is 2.62 bits per heavy atom. The van der Waals surface area contributed by atoms with Crippen molar-refractivity contribution in [2.24, 2.45) is 0 Å². The smallest absolute Gasteiger partial charge is 0.255 e. The first-order valence-corrected chi connectivity index (χ1v) is 10.3. The van der Waals surface area contributed by atoms with Gasteiger partial charge in [0.15, 0.2) is 17.3 Å². The molecule has 172 valence electrons. The van der Waals surface area contributed by atoms with Crippen molar-refractivity contribution < 1.29 is 18.3 Å². The molecular formula is C24H17ClF2N4O3. The molecule has 2 aromatic heterocycles. The summed E-state index contributed by atoms with van der Waals surface area (Å²) in [5.74, 6) is -1.74. The second-order valence-corrected chi connectivity index (χ2v) is 7.50. The number of hydrogen-bond acceptors (Lipinski definition) is 5. The van der Waals surface area contributed by atoms with Crippen LogP contribution in [-0.4, -0.2) is 15.5 Å². The van der Waals surface area contributed by atoms with Crippen molar-refractivity contribution in [3.05, 3.63) is 111 Å². The summed E-state index contributed by atoms with van der Waals surface area (Å²) >= 11 is 6.02. The summed E-state index contributed by atoms with van der Waals surface area (Å²) in [6.45, 7) is -0.0343. The molecule has 2 aromatic carbocycles. The van der Waals surface area contributed by atoms with E-state index in [0.29, 0.717) is 5.56 Å². The van der Waals surface area contributed by atoms with Crippen LogP contribution in [0.3, 0.4) is 0 Å². The maximum absolute atomic E-state index is 14.7. The number of ether oxygens (including phenoxy) is 1. The van der Waals surface area contributed by atoms with E-state index in [1.54, 1.807) is 18.2 Å². The molecular weight excluding hydrogens is 466 g/mol. The molecule has 0 saturated heterocycles. The van der Waals surface area contributed by atoms with E-state index in [4.69, 9.17) is 22.1 Å². The maximum atomic E-state index is 14.7. The molecule has 4 aromatic rings. The predicted octanol–water partition coefficient (Wildman–Crippen LogP) is 4.47. The average Bonchev–Trinajstić information content (AvgIpc) is 2.83. The number of nitrogen functional groups attached to an aromatic ring is 1. The van der Waals surface area contributed by atoms with Crippen LogP contribution in [0, 0.1) is 11.6 Å². The van der Waals surface area contributed by atoms with E-state index in [2.05, 4.69) is 10.3 Å². The van der Waals surface area contributed by atoms with Gasteiger partial charge < -0.3 is 15.8 Å². The number of halogens is 3. The number of pyridine rings is 2. The molecule has 2 heterocycles. The molecule has 0 aliphatic heterocycles. The van der Waals surface area contributed by atoms with Crippen molar-refractivity contribution in [1.82, 2.24) is 14.9 Å². The number of nitrogens with zero attached hydrogens (tertiary/aromatic N) is 2. The summed E-state index contributed by atoms with van der Waals surface area (Å²) in [5, 5.41) is 2.63. The normalized spacial score (nSPS) is 10.7. The fourth-order valence-electron chi connectivity index (χ4n) is 3.10. The van der Waals surface area contributed by atoms with Crippen LogP contribution in [0.1, 0.15) is 15.9 Å². The zero-order valence-electron chi connectivity index (χ0n) is 17.5. The lowest BCUT2D eigenvalue weighted by molar-refractivity contribution is 0.0950. The van der Waals surface area contributed by atoms with Crippen molar-refractivity contribution in [3.8, 4) is 17.2 Å². The van der Waals surface area contributed by atoms with Crippen LogP contribution in [-0.2, 0) is 6.54 Å². The van der Waals surface area contributed by atoms with Crippen LogP contribution in [0.15, 0.2) is 77.9 Å². The lowest BCUT2D eigenvalue weighted by Gasteiger charge is -2.12. The second-order valence-electron chi connectivity index (χ2n) is 7.13. The van der Waals surface area contributed by atoms with Crippen LogP contribution in [0.4, 0.5) is 14.6 Å². The molecule has 3 N–H and O–H groups in total. The molecule has 0 bridgehead atoms. The number of anilines is 1. The van der Waals surface area contributed by atoms with Gasteiger partial charge in [0.25, 0.3) is 11.5 Å². The van der Waals surface area contributed by atoms with Gasteiger partial charge in [-0.25, -0.2) is 13.8 Å². The first kappa shape index (κ1) is 22.9. The topological polar surface area (TPSA) is 99.2 Å². The average molecular weight is 483 g/mol. The van der Waals surface area contributed by atoms with Crippen molar-refractivity contribution in [2.45, 2.75) is 6.54 Å². The largest absolute Gasteiger partial charge is 0.453 e. The number of rotatable bonds is 6. The molecule has 0 atom stereocenters. The zero-order chi connectivity index (χ0) is 24.2. The van der Waals surface area contributed by atoms with Gasteiger partial charge in [-0.05, 0) is 24.3 Å². The van der Waals surface area contributed by atoms with Crippen molar-refractivity contribution >= 4 is 23.3 Å². The quantitative estimate of drug-likeness (QED) is 0.422. The number of aromatic nitrogens is 2. The van der Waals surface area contributed by atoms with Gasteiger partial charge in [0.1, 0.15) is 16.7 Å². The van der Waals surface area contributed by atoms with Gasteiger partial charge in [-0.2, -0.15) is 0 Å². The number of hydrogen-bond donors (Lipinski definition) is 2. The second kappa shape index (κ2) is 9.72. The van der Waals surface area contributed by atoms with Crippen LogP contribution in [0.25, 0.3) is 5.69 Å². The molecule has 10 heteroatoms. The van der Waals surface area contributed by atoms with Gasteiger partial charge in [0.05, 0.1) is 11.3 Å². The summed E-state index contributed by atoms with van der Waals surface area (Å²) in [7, 11) is 0. The number of carbonyl (C=O) groups excluding carboxylic acids is 1. The fraction of sp³-hybridized carbons (Fsp3) is 0.0417. The predicted molar refractivity (Wildman–Crippen MR) is 123 cm³/mol. The summed E-state index contributed by atoms with van der Waals surface area (Å²) < 4.78 is 35.1. The first-order valence-electron chi connectivity index (χ1n) is 9.95. The molecule has 0 aliphatic rings. The maximum Gasteiger partial charge on any atom is 0.255 e. The highest BCUT2D eigenvalue weighted by atomic mass is 35.5. The Bertz CT molecular complexity index is 1440. The van der Waals surface area contributed by atoms with Crippen LogP contribution < -0.4 is 21.3 Å². The third kappa shape index (κ3) is 4.89. The third-order valence-corrected chi connectivity index (χ3v) is 5.24. The molecule has 0 saturated carbocycles. The first-order chi connectivity index (χ1) is 16.3. The Morgan fingerprint density at radius 1 is 1.06 bits per heavy atom. The zero-order valence-corrected chi connectivity index (χ0v) is 18.2. The van der Waals surface area contributed by atoms with E-state index in [9.17, 15) is 18.4 Å². The summed E-state index contributed by atoms with van der Waals surface area (Å²) in [6.07, 6.45) is 2.64. The Balaban J connectivity index is 1.56. The Labute approximate surface area is 197 Å². The molecule has 0 spiro atoms. The third-order valence-electron chi connectivity index (χ3n) is 4.86. The SMILES string of the molecule is Nc1nccc(Oc2ccc(-n3cc(C(=O)NCc4ccccc4F)ccc3=O)cc2F)c1Cl. The minimum absolute atomic E-state index is 0.0343. The number of amides is 1. The molecule has 0 aliphatic carbocycles. The summed E-state index contributed by atoms with van der Waals surface area (Å²) in [4.78, 5) is 28.7. The van der Waals surface area contributed by atoms with E-state index in [1.807, 2.05) is 0 Å². The van der Waals surface area contributed by atoms with Gasteiger partial charge >= 0.3 is 0 Å². The summed E-state index contributed by atoms with van der Waals surface area (Å²) in [5.41, 5.74) is 5.76.